The molecule has 3 heterocycles. The standard InChI is InChI=1S/C22H22N6O3S/c29-18(24-13-17-10-4-5-11-23-17)15-7-6-12-28(14-15)22(31)21-27-26-20(32-21)19(30)25-16-8-2-1-3-9-16/h1-5,8-11,15H,6-7,12-14H2,(H,24,29)(H,25,30)/t15-/m0/s1. The van der Waals surface area contributed by atoms with Crippen molar-refractivity contribution in [1.29, 1.82) is 0 Å². The lowest BCUT2D eigenvalue weighted by atomic mass is 9.97. The van der Waals surface area contributed by atoms with Crippen LogP contribution in [-0.4, -0.2) is 50.9 Å². The highest BCUT2D eigenvalue weighted by Gasteiger charge is 2.30. The molecule has 1 aromatic carbocycles. The van der Waals surface area contributed by atoms with E-state index in [0.29, 0.717) is 38.2 Å². The van der Waals surface area contributed by atoms with Crippen molar-refractivity contribution in [2.24, 2.45) is 5.92 Å². The molecule has 164 valence electrons. The topological polar surface area (TPSA) is 117 Å². The molecule has 4 rings (SSSR count). The van der Waals surface area contributed by atoms with E-state index in [2.05, 4.69) is 25.8 Å². The van der Waals surface area contributed by atoms with Crippen LogP contribution >= 0.6 is 11.3 Å². The largest absolute Gasteiger partial charge is 0.350 e. The molecule has 0 unspecified atom stereocenters. The Hall–Kier alpha value is -3.66. The normalized spacial score (nSPS) is 15.8. The number of rotatable bonds is 6. The van der Waals surface area contributed by atoms with E-state index in [1.165, 1.54) is 0 Å². The van der Waals surface area contributed by atoms with Crippen LogP contribution in [0.25, 0.3) is 0 Å². The lowest BCUT2D eigenvalue weighted by Crippen LogP contribution is -2.45. The van der Waals surface area contributed by atoms with Crippen molar-refractivity contribution in [3.05, 3.63) is 70.4 Å². The Morgan fingerprint density at radius 3 is 2.59 bits per heavy atom. The number of anilines is 1. The van der Waals surface area contributed by atoms with Gasteiger partial charge in [0.1, 0.15) is 0 Å². The maximum absolute atomic E-state index is 12.9. The zero-order valence-electron chi connectivity index (χ0n) is 17.2. The molecule has 0 bridgehead atoms. The molecule has 10 heteroatoms. The first-order chi connectivity index (χ1) is 15.6. The van der Waals surface area contributed by atoms with Crippen molar-refractivity contribution in [3.8, 4) is 0 Å². The molecule has 32 heavy (non-hydrogen) atoms. The number of carbonyl (C=O) groups excluding carboxylic acids is 3. The summed E-state index contributed by atoms with van der Waals surface area (Å²) in [5.74, 6) is -1.14. The van der Waals surface area contributed by atoms with E-state index in [0.717, 1.165) is 17.0 Å². The monoisotopic (exact) mass is 450 g/mol. The predicted octanol–water partition coefficient (Wildman–Crippen LogP) is 2.35. The highest BCUT2D eigenvalue weighted by atomic mass is 32.1. The summed E-state index contributed by atoms with van der Waals surface area (Å²) in [6, 6.07) is 14.5. The van der Waals surface area contributed by atoms with E-state index in [1.54, 1.807) is 23.2 Å². The number of nitrogens with zero attached hydrogens (tertiary/aromatic N) is 4. The van der Waals surface area contributed by atoms with Crippen molar-refractivity contribution >= 4 is 34.7 Å². The first-order valence-electron chi connectivity index (χ1n) is 10.3. The second-order valence-electron chi connectivity index (χ2n) is 7.36. The lowest BCUT2D eigenvalue weighted by molar-refractivity contribution is -0.126. The van der Waals surface area contributed by atoms with Gasteiger partial charge < -0.3 is 15.5 Å². The summed E-state index contributed by atoms with van der Waals surface area (Å²) in [7, 11) is 0. The highest BCUT2D eigenvalue weighted by Crippen LogP contribution is 2.21. The summed E-state index contributed by atoms with van der Waals surface area (Å²) in [6.07, 6.45) is 3.10. The number of piperidine rings is 1. The molecule has 1 aliphatic heterocycles. The van der Waals surface area contributed by atoms with Gasteiger partial charge in [-0.1, -0.05) is 35.6 Å². The number of hydrogen-bond donors (Lipinski definition) is 2. The fourth-order valence-corrected chi connectivity index (χ4v) is 4.15. The third kappa shape index (κ3) is 5.33. The van der Waals surface area contributed by atoms with Gasteiger partial charge in [-0.15, -0.1) is 10.2 Å². The van der Waals surface area contributed by atoms with Crippen LogP contribution in [0.2, 0.25) is 0 Å². The summed E-state index contributed by atoms with van der Waals surface area (Å²) in [6.45, 7) is 1.19. The average Bonchev–Trinajstić information content (AvgIpc) is 3.34. The Bertz CT molecular complexity index is 1090. The number of likely N-dealkylation sites (tertiary alicyclic amines) is 1. The molecule has 1 aliphatic rings. The van der Waals surface area contributed by atoms with Gasteiger partial charge in [0.25, 0.3) is 11.8 Å². The van der Waals surface area contributed by atoms with Crippen LogP contribution in [0.15, 0.2) is 54.7 Å². The van der Waals surface area contributed by atoms with Crippen molar-refractivity contribution in [3.63, 3.8) is 0 Å². The summed E-state index contributed by atoms with van der Waals surface area (Å²) in [5, 5.41) is 13.6. The SMILES string of the molecule is O=C(Nc1ccccc1)c1nnc(C(=O)N2CCC[C@H](C(=O)NCc3ccccn3)C2)s1. The van der Waals surface area contributed by atoms with Crippen molar-refractivity contribution in [2.45, 2.75) is 19.4 Å². The third-order valence-electron chi connectivity index (χ3n) is 5.08. The Labute approximate surface area is 188 Å². The van der Waals surface area contributed by atoms with Gasteiger partial charge in [-0.2, -0.15) is 0 Å². The van der Waals surface area contributed by atoms with E-state index in [1.807, 2.05) is 36.4 Å². The number of amides is 3. The fourth-order valence-electron chi connectivity index (χ4n) is 3.44. The highest BCUT2D eigenvalue weighted by molar-refractivity contribution is 7.15. The van der Waals surface area contributed by atoms with Crippen LogP contribution in [0.5, 0.6) is 0 Å². The van der Waals surface area contributed by atoms with Crippen LogP contribution in [0.3, 0.4) is 0 Å². The average molecular weight is 451 g/mol. The molecule has 2 N–H and O–H groups in total. The van der Waals surface area contributed by atoms with Gasteiger partial charge >= 0.3 is 0 Å². The molecule has 1 saturated heterocycles. The zero-order valence-corrected chi connectivity index (χ0v) is 18.0. The first kappa shape index (κ1) is 21.6. The number of para-hydroxylation sites is 1. The minimum atomic E-state index is -0.418. The molecule has 0 saturated carbocycles. The van der Waals surface area contributed by atoms with Crippen LogP contribution in [0.4, 0.5) is 5.69 Å². The smallest absolute Gasteiger partial charge is 0.286 e. The number of aromatic nitrogens is 3. The molecule has 9 nitrogen and oxygen atoms in total. The van der Waals surface area contributed by atoms with E-state index < -0.39 is 5.91 Å². The summed E-state index contributed by atoms with van der Waals surface area (Å²) in [4.78, 5) is 43.7. The molecule has 0 spiro atoms. The van der Waals surface area contributed by atoms with E-state index >= 15 is 0 Å². The predicted molar refractivity (Wildman–Crippen MR) is 119 cm³/mol. The second kappa shape index (κ2) is 10.1. The Morgan fingerprint density at radius 2 is 1.81 bits per heavy atom. The Balaban J connectivity index is 1.34. The van der Waals surface area contributed by atoms with Gasteiger partial charge in [0.15, 0.2) is 0 Å². The second-order valence-corrected chi connectivity index (χ2v) is 8.34. The number of nitrogens with one attached hydrogen (secondary N) is 2. The summed E-state index contributed by atoms with van der Waals surface area (Å²) in [5.41, 5.74) is 1.41. The number of hydrogen-bond acceptors (Lipinski definition) is 7. The van der Waals surface area contributed by atoms with Gasteiger partial charge in [-0.3, -0.25) is 19.4 Å². The molecular formula is C22H22N6O3S. The van der Waals surface area contributed by atoms with Gasteiger partial charge in [-0.25, -0.2) is 0 Å². The lowest BCUT2D eigenvalue weighted by Gasteiger charge is -2.31. The number of benzene rings is 1. The molecule has 3 aromatic rings. The summed E-state index contributed by atoms with van der Waals surface area (Å²) < 4.78 is 0. The molecule has 0 aliphatic carbocycles. The number of carbonyl (C=O) groups is 3. The minimum absolute atomic E-state index is 0.103. The zero-order chi connectivity index (χ0) is 22.3. The van der Waals surface area contributed by atoms with Crippen molar-refractivity contribution < 1.29 is 14.4 Å². The van der Waals surface area contributed by atoms with Crippen molar-refractivity contribution in [1.82, 2.24) is 25.4 Å². The van der Waals surface area contributed by atoms with E-state index in [-0.39, 0.29) is 27.7 Å². The molecule has 2 aromatic heterocycles. The van der Waals surface area contributed by atoms with Gasteiger partial charge in [0, 0.05) is 25.0 Å². The van der Waals surface area contributed by atoms with Crippen LogP contribution < -0.4 is 10.6 Å². The molecule has 3 amide bonds. The summed E-state index contributed by atoms with van der Waals surface area (Å²) >= 11 is 0.945. The molecule has 0 radical (unpaired) electrons. The third-order valence-corrected chi connectivity index (χ3v) is 5.99. The Kier molecular flexibility index (Phi) is 6.81. The van der Waals surface area contributed by atoms with Gasteiger partial charge in [0.05, 0.1) is 18.2 Å². The molecule has 1 fully saturated rings. The first-order valence-corrected chi connectivity index (χ1v) is 11.1. The molecular weight excluding hydrogens is 428 g/mol. The molecule has 1 atom stereocenters. The van der Waals surface area contributed by atoms with E-state index in [9.17, 15) is 14.4 Å². The van der Waals surface area contributed by atoms with Crippen LogP contribution in [0, 0.1) is 5.92 Å². The fraction of sp³-hybridized carbons (Fsp3) is 0.273. The van der Waals surface area contributed by atoms with Gasteiger partial charge in [-0.05, 0) is 37.1 Å². The number of pyridine rings is 1. The van der Waals surface area contributed by atoms with Crippen LogP contribution in [-0.2, 0) is 11.3 Å². The van der Waals surface area contributed by atoms with E-state index in [4.69, 9.17) is 0 Å². The van der Waals surface area contributed by atoms with Crippen LogP contribution in [0.1, 0.15) is 38.1 Å². The quantitative estimate of drug-likeness (QED) is 0.595. The van der Waals surface area contributed by atoms with Gasteiger partial charge in [0.2, 0.25) is 15.9 Å². The Morgan fingerprint density at radius 1 is 1.03 bits per heavy atom. The van der Waals surface area contributed by atoms with Crippen molar-refractivity contribution in [2.75, 3.05) is 18.4 Å². The minimum Gasteiger partial charge on any atom is -0.350 e. The maximum atomic E-state index is 12.9. The maximum Gasteiger partial charge on any atom is 0.286 e.